The predicted octanol–water partition coefficient (Wildman–Crippen LogP) is -0.527. The van der Waals surface area contributed by atoms with Crippen LogP contribution in [0.15, 0.2) is 12.2 Å². The number of imide groups is 1. The number of carbonyl (C=O) groups is 3. The molecule has 0 radical (unpaired) electrons. The van der Waals surface area contributed by atoms with Gasteiger partial charge in [0.1, 0.15) is 0 Å². The lowest BCUT2D eigenvalue weighted by molar-refractivity contribution is -0.131. The van der Waals surface area contributed by atoms with Crippen LogP contribution in [0.5, 0.6) is 0 Å². The first kappa shape index (κ1) is 11.2. The van der Waals surface area contributed by atoms with Crippen molar-refractivity contribution < 1.29 is 19.5 Å². The number of nitrogens with one attached hydrogen (secondary N) is 2. The highest BCUT2D eigenvalue weighted by Crippen LogP contribution is 1.74. The summed E-state index contributed by atoms with van der Waals surface area (Å²) in [4.78, 5) is 31.3. The second kappa shape index (κ2) is 5.76. The Morgan fingerprint density at radius 3 is 2.38 bits per heavy atom. The number of hydrogen-bond donors (Lipinski definition) is 3. The molecule has 13 heavy (non-hydrogen) atoms. The maximum atomic E-state index is 10.7. The summed E-state index contributed by atoms with van der Waals surface area (Å²) in [5.74, 6) is -2.01. The summed E-state index contributed by atoms with van der Waals surface area (Å²) in [6.45, 7) is 2.08. The fraction of sp³-hybridized carbons (Fsp3) is 0.286. The molecule has 3 N–H and O–H groups in total. The van der Waals surface area contributed by atoms with Crippen LogP contribution in [0.2, 0.25) is 0 Å². The number of hydrogen-bond acceptors (Lipinski definition) is 3. The van der Waals surface area contributed by atoms with Gasteiger partial charge in [-0.2, -0.15) is 0 Å². The van der Waals surface area contributed by atoms with Crippen LogP contribution in [0.4, 0.5) is 4.79 Å². The minimum atomic E-state index is -1.24. The molecule has 0 spiro atoms. The van der Waals surface area contributed by atoms with Crippen molar-refractivity contribution in [2.45, 2.75) is 6.92 Å². The molecule has 0 saturated carbocycles. The van der Waals surface area contributed by atoms with E-state index in [1.54, 1.807) is 6.92 Å². The molecule has 0 heterocycles. The van der Waals surface area contributed by atoms with Crippen LogP contribution in [0.3, 0.4) is 0 Å². The van der Waals surface area contributed by atoms with Crippen molar-refractivity contribution in [3.8, 4) is 0 Å². The molecule has 0 bridgehead atoms. The van der Waals surface area contributed by atoms with E-state index in [2.05, 4.69) is 5.32 Å². The van der Waals surface area contributed by atoms with E-state index in [1.165, 1.54) is 0 Å². The molecule has 0 aromatic carbocycles. The van der Waals surface area contributed by atoms with E-state index in [1.807, 2.05) is 5.32 Å². The summed E-state index contributed by atoms with van der Waals surface area (Å²) in [5.41, 5.74) is 0. The van der Waals surface area contributed by atoms with Crippen molar-refractivity contribution in [1.82, 2.24) is 10.6 Å². The minimum absolute atomic E-state index is 0.391. The molecule has 6 nitrogen and oxygen atoms in total. The Bertz CT molecular complexity index is 247. The van der Waals surface area contributed by atoms with E-state index >= 15 is 0 Å². The van der Waals surface area contributed by atoms with E-state index in [0.717, 1.165) is 6.08 Å². The second-order valence-corrected chi connectivity index (χ2v) is 2.02. The standard InChI is InChI=1S/C7H10N2O4/c1-2-8-7(13)9-5(10)3-4-6(11)12/h3-4H,2H2,1H3,(H,11,12)(H2,8,9,10,13)/b4-3-. The van der Waals surface area contributed by atoms with Crippen LogP contribution in [-0.4, -0.2) is 29.6 Å². The summed E-state index contributed by atoms with van der Waals surface area (Å²) >= 11 is 0. The van der Waals surface area contributed by atoms with E-state index in [-0.39, 0.29) is 0 Å². The first-order valence-electron chi connectivity index (χ1n) is 3.56. The van der Waals surface area contributed by atoms with E-state index in [9.17, 15) is 14.4 Å². The maximum absolute atomic E-state index is 10.7. The molecule has 3 amide bonds. The molecule has 0 unspecified atom stereocenters. The van der Waals surface area contributed by atoms with Crippen LogP contribution >= 0.6 is 0 Å². The van der Waals surface area contributed by atoms with Gasteiger partial charge in [0.15, 0.2) is 0 Å². The minimum Gasteiger partial charge on any atom is -0.478 e. The highest BCUT2D eigenvalue weighted by Gasteiger charge is 2.02. The molecular formula is C7H10N2O4. The number of urea groups is 1. The second-order valence-electron chi connectivity index (χ2n) is 2.02. The first-order chi connectivity index (χ1) is 6.06. The topological polar surface area (TPSA) is 95.5 Å². The highest BCUT2D eigenvalue weighted by atomic mass is 16.4. The Balaban J connectivity index is 3.87. The van der Waals surface area contributed by atoms with Crippen LogP contribution < -0.4 is 10.6 Å². The van der Waals surface area contributed by atoms with Gasteiger partial charge in [0.2, 0.25) is 0 Å². The normalized spacial score (nSPS) is 9.62. The highest BCUT2D eigenvalue weighted by molar-refractivity contribution is 6.02. The smallest absolute Gasteiger partial charge is 0.328 e. The zero-order chi connectivity index (χ0) is 10.3. The molecule has 0 fully saturated rings. The Labute approximate surface area is 74.6 Å². The van der Waals surface area contributed by atoms with Gasteiger partial charge < -0.3 is 10.4 Å². The van der Waals surface area contributed by atoms with Crippen molar-refractivity contribution in [2.75, 3.05) is 6.54 Å². The maximum Gasteiger partial charge on any atom is 0.328 e. The van der Waals surface area contributed by atoms with E-state index in [0.29, 0.717) is 12.6 Å². The number of aliphatic carboxylic acids is 1. The summed E-state index contributed by atoms with van der Waals surface area (Å²) in [7, 11) is 0. The average Bonchev–Trinajstić information content (AvgIpc) is 2.01. The molecule has 0 aromatic heterocycles. The molecule has 0 saturated heterocycles. The zero-order valence-electron chi connectivity index (χ0n) is 7.03. The molecule has 6 heteroatoms. The lowest BCUT2D eigenvalue weighted by Gasteiger charge is -2.00. The van der Waals surface area contributed by atoms with E-state index in [4.69, 9.17) is 5.11 Å². The fourth-order valence-electron chi connectivity index (χ4n) is 0.505. The van der Waals surface area contributed by atoms with Crippen molar-refractivity contribution in [3.05, 3.63) is 12.2 Å². The van der Waals surface area contributed by atoms with Crippen molar-refractivity contribution in [2.24, 2.45) is 0 Å². The molecule has 0 aromatic rings. The Hall–Kier alpha value is -1.85. The monoisotopic (exact) mass is 186 g/mol. The number of amides is 3. The van der Waals surface area contributed by atoms with Crippen molar-refractivity contribution >= 4 is 17.9 Å². The zero-order valence-corrected chi connectivity index (χ0v) is 7.03. The Kier molecular flexibility index (Phi) is 4.94. The summed E-state index contributed by atoms with van der Waals surface area (Å²) < 4.78 is 0. The summed E-state index contributed by atoms with van der Waals surface area (Å²) in [6, 6.07) is -0.650. The van der Waals surface area contributed by atoms with Gasteiger partial charge in [0.05, 0.1) is 0 Å². The van der Waals surface area contributed by atoms with Gasteiger partial charge >= 0.3 is 12.0 Å². The fourth-order valence-corrected chi connectivity index (χ4v) is 0.505. The van der Waals surface area contributed by atoms with Crippen LogP contribution in [0.25, 0.3) is 0 Å². The lowest BCUT2D eigenvalue weighted by atomic mass is 10.5. The molecule has 0 aliphatic carbocycles. The third-order valence-corrected chi connectivity index (χ3v) is 0.951. The first-order valence-corrected chi connectivity index (χ1v) is 3.56. The van der Waals surface area contributed by atoms with Gasteiger partial charge in [0.25, 0.3) is 5.91 Å². The molecule has 0 aliphatic heterocycles. The summed E-state index contributed by atoms with van der Waals surface area (Å²) in [6.07, 6.45) is 1.41. The van der Waals surface area contributed by atoms with Crippen molar-refractivity contribution in [3.63, 3.8) is 0 Å². The molecule has 0 rings (SSSR count). The Morgan fingerprint density at radius 1 is 1.31 bits per heavy atom. The van der Waals surface area contributed by atoms with E-state index < -0.39 is 17.9 Å². The quantitative estimate of drug-likeness (QED) is 0.516. The number of carbonyl (C=O) groups excluding carboxylic acids is 2. The van der Waals surface area contributed by atoms with Gasteiger partial charge in [0, 0.05) is 18.7 Å². The SMILES string of the molecule is CCNC(=O)NC(=O)/C=C\C(=O)O. The third kappa shape index (κ3) is 6.54. The van der Waals surface area contributed by atoms with Crippen LogP contribution in [-0.2, 0) is 9.59 Å². The lowest BCUT2D eigenvalue weighted by Crippen LogP contribution is -2.38. The molecular weight excluding hydrogens is 176 g/mol. The molecule has 0 aliphatic rings. The average molecular weight is 186 g/mol. The van der Waals surface area contributed by atoms with Gasteiger partial charge in [-0.1, -0.05) is 0 Å². The van der Waals surface area contributed by atoms with Crippen molar-refractivity contribution in [1.29, 1.82) is 0 Å². The third-order valence-electron chi connectivity index (χ3n) is 0.951. The predicted molar refractivity (Wildman–Crippen MR) is 44.0 cm³/mol. The summed E-state index contributed by atoms with van der Waals surface area (Å²) in [5, 5.41) is 12.3. The number of rotatable bonds is 3. The largest absolute Gasteiger partial charge is 0.478 e. The van der Waals surface area contributed by atoms with Gasteiger partial charge in [-0.3, -0.25) is 10.1 Å². The van der Waals surface area contributed by atoms with Gasteiger partial charge in [-0.15, -0.1) is 0 Å². The van der Waals surface area contributed by atoms with Crippen LogP contribution in [0, 0.1) is 0 Å². The van der Waals surface area contributed by atoms with Crippen LogP contribution in [0.1, 0.15) is 6.92 Å². The molecule has 72 valence electrons. The van der Waals surface area contributed by atoms with Gasteiger partial charge in [-0.25, -0.2) is 9.59 Å². The Morgan fingerprint density at radius 2 is 1.92 bits per heavy atom. The number of carboxylic acids is 1. The number of carboxylic acid groups (broad SMARTS) is 1. The molecule has 0 atom stereocenters. The van der Waals surface area contributed by atoms with Gasteiger partial charge in [-0.05, 0) is 6.92 Å².